The van der Waals surface area contributed by atoms with Crippen LogP contribution in [0.3, 0.4) is 0 Å². The van der Waals surface area contributed by atoms with Gasteiger partial charge in [0.25, 0.3) is 0 Å². The summed E-state index contributed by atoms with van der Waals surface area (Å²) in [5.74, 6) is -0.129. The molecule has 0 aliphatic heterocycles. The molecule has 4 heteroatoms. The normalized spacial score (nSPS) is 12.8. The lowest BCUT2D eigenvalue weighted by atomic mass is 10.1. The van der Waals surface area contributed by atoms with Crippen molar-refractivity contribution < 1.29 is 13.7 Å². The zero-order chi connectivity index (χ0) is 13.8. The summed E-state index contributed by atoms with van der Waals surface area (Å²) < 4.78 is 17.3. The van der Waals surface area contributed by atoms with E-state index in [0.717, 1.165) is 0 Å². The van der Waals surface area contributed by atoms with Crippen LogP contribution in [-0.4, -0.2) is 21.5 Å². The summed E-state index contributed by atoms with van der Waals surface area (Å²) in [6.07, 6.45) is 1.57. The smallest absolute Gasteiger partial charge is 0.339 e. The largest absolute Gasteiger partial charge is 0.456 e. The van der Waals surface area contributed by atoms with Gasteiger partial charge in [0.1, 0.15) is 5.60 Å². The lowest BCUT2D eigenvalue weighted by Gasteiger charge is -2.20. The predicted molar refractivity (Wildman–Crippen MR) is 73.1 cm³/mol. The summed E-state index contributed by atoms with van der Waals surface area (Å²) in [6, 6.07) is 6.79. The SMILES string of the molecule is C=CCS(=O)c1ccccc1C(=O)OC(C)(C)C. The zero-order valence-electron chi connectivity index (χ0n) is 10.9. The Balaban J connectivity index is 3.05. The summed E-state index contributed by atoms with van der Waals surface area (Å²) in [4.78, 5) is 12.5. The van der Waals surface area contributed by atoms with Crippen LogP contribution < -0.4 is 0 Å². The molecule has 98 valence electrons. The Labute approximate surface area is 110 Å². The molecule has 1 aromatic rings. The Bertz CT molecular complexity index is 472. The molecule has 0 aromatic heterocycles. The summed E-state index contributed by atoms with van der Waals surface area (Å²) >= 11 is 0. The van der Waals surface area contributed by atoms with Gasteiger partial charge >= 0.3 is 5.97 Å². The molecule has 0 heterocycles. The third-order valence-electron chi connectivity index (χ3n) is 2.02. The van der Waals surface area contributed by atoms with Crippen molar-refractivity contribution in [3.05, 3.63) is 42.5 Å². The second-order valence-corrected chi connectivity index (χ2v) is 6.26. The van der Waals surface area contributed by atoms with E-state index in [1.807, 2.05) is 0 Å². The van der Waals surface area contributed by atoms with Gasteiger partial charge in [-0.25, -0.2) is 4.79 Å². The molecule has 0 fully saturated rings. The van der Waals surface area contributed by atoms with Crippen molar-refractivity contribution in [3.63, 3.8) is 0 Å². The maximum absolute atomic E-state index is 12.0. The van der Waals surface area contributed by atoms with Crippen molar-refractivity contribution in [2.45, 2.75) is 31.3 Å². The van der Waals surface area contributed by atoms with Gasteiger partial charge in [0, 0.05) is 5.75 Å². The van der Waals surface area contributed by atoms with E-state index in [1.165, 1.54) is 0 Å². The molecule has 0 bridgehead atoms. The highest BCUT2D eigenvalue weighted by molar-refractivity contribution is 7.85. The van der Waals surface area contributed by atoms with Crippen LogP contribution in [0.15, 0.2) is 41.8 Å². The minimum Gasteiger partial charge on any atom is -0.456 e. The van der Waals surface area contributed by atoms with Crippen LogP contribution >= 0.6 is 0 Å². The fourth-order valence-electron chi connectivity index (χ4n) is 1.36. The van der Waals surface area contributed by atoms with E-state index in [4.69, 9.17) is 4.74 Å². The Morgan fingerprint density at radius 3 is 2.56 bits per heavy atom. The monoisotopic (exact) mass is 266 g/mol. The Kier molecular flexibility index (Phi) is 4.84. The van der Waals surface area contributed by atoms with Gasteiger partial charge in [-0.2, -0.15) is 0 Å². The molecular formula is C14H18O3S. The molecule has 0 saturated heterocycles. The predicted octanol–water partition coefficient (Wildman–Crippen LogP) is 2.94. The molecule has 0 radical (unpaired) electrons. The highest BCUT2D eigenvalue weighted by Gasteiger charge is 2.21. The number of benzene rings is 1. The molecule has 1 rings (SSSR count). The second-order valence-electron chi connectivity index (χ2n) is 4.80. The second kappa shape index (κ2) is 5.96. The standard InChI is InChI=1S/C14H18O3S/c1-5-10-18(16)12-9-7-6-8-11(12)13(15)17-14(2,3)4/h5-9H,1,10H2,2-4H3. The van der Waals surface area contributed by atoms with Crippen molar-refractivity contribution >= 4 is 16.8 Å². The van der Waals surface area contributed by atoms with Gasteiger partial charge < -0.3 is 4.74 Å². The van der Waals surface area contributed by atoms with E-state index >= 15 is 0 Å². The van der Waals surface area contributed by atoms with Crippen molar-refractivity contribution in [2.24, 2.45) is 0 Å². The molecular weight excluding hydrogens is 248 g/mol. The zero-order valence-corrected chi connectivity index (χ0v) is 11.8. The maximum atomic E-state index is 12.0. The van der Waals surface area contributed by atoms with Crippen molar-refractivity contribution in [1.82, 2.24) is 0 Å². The first kappa shape index (κ1) is 14.6. The number of rotatable bonds is 4. The topological polar surface area (TPSA) is 43.4 Å². The molecule has 0 aliphatic carbocycles. The fraction of sp³-hybridized carbons (Fsp3) is 0.357. The molecule has 0 amide bonds. The Hall–Kier alpha value is -1.42. The molecule has 18 heavy (non-hydrogen) atoms. The van der Waals surface area contributed by atoms with Gasteiger partial charge in [0.2, 0.25) is 0 Å². The molecule has 1 unspecified atom stereocenters. The third-order valence-corrected chi connectivity index (χ3v) is 3.41. The van der Waals surface area contributed by atoms with Gasteiger partial charge in [-0.15, -0.1) is 6.58 Å². The maximum Gasteiger partial charge on any atom is 0.339 e. The van der Waals surface area contributed by atoms with Crippen LogP contribution in [0.25, 0.3) is 0 Å². The average molecular weight is 266 g/mol. The summed E-state index contributed by atoms with van der Waals surface area (Å²) in [5, 5.41) is 0. The molecule has 0 N–H and O–H groups in total. The van der Waals surface area contributed by atoms with Gasteiger partial charge in [-0.1, -0.05) is 18.2 Å². The first-order valence-corrected chi connectivity index (χ1v) is 6.98. The first-order valence-electron chi connectivity index (χ1n) is 5.67. The number of hydrogen-bond acceptors (Lipinski definition) is 3. The number of carbonyl (C=O) groups excluding carboxylic acids is 1. The van der Waals surface area contributed by atoms with Crippen molar-refractivity contribution in [2.75, 3.05) is 5.75 Å². The fourth-order valence-corrected chi connectivity index (χ4v) is 2.38. The van der Waals surface area contributed by atoms with Gasteiger partial charge in [-0.05, 0) is 32.9 Å². The highest BCUT2D eigenvalue weighted by atomic mass is 32.2. The highest BCUT2D eigenvalue weighted by Crippen LogP contribution is 2.18. The third kappa shape index (κ3) is 4.11. The number of esters is 1. The number of ether oxygens (including phenoxy) is 1. The van der Waals surface area contributed by atoms with E-state index < -0.39 is 22.4 Å². The Morgan fingerprint density at radius 1 is 1.39 bits per heavy atom. The van der Waals surface area contributed by atoms with E-state index in [1.54, 1.807) is 51.1 Å². The average Bonchev–Trinajstić information content (AvgIpc) is 2.27. The van der Waals surface area contributed by atoms with Crippen LogP contribution in [0.4, 0.5) is 0 Å². The minimum absolute atomic E-state index is 0.319. The first-order chi connectivity index (χ1) is 8.35. The molecule has 1 aromatic carbocycles. The number of hydrogen-bond donors (Lipinski definition) is 0. The molecule has 0 spiro atoms. The van der Waals surface area contributed by atoms with E-state index in [9.17, 15) is 9.00 Å². The Morgan fingerprint density at radius 2 is 2.00 bits per heavy atom. The summed E-state index contributed by atoms with van der Waals surface area (Å²) in [5.41, 5.74) is -0.211. The van der Waals surface area contributed by atoms with Crippen molar-refractivity contribution in [1.29, 1.82) is 0 Å². The van der Waals surface area contributed by atoms with E-state index in [-0.39, 0.29) is 0 Å². The van der Waals surface area contributed by atoms with Crippen LogP contribution in [0, 0.1) is 0 Å². The van der Waals surface area contributed by atoms with E-state index in [0.29, 0.717) is 16.2 Å². The van der Waals surface area contributed by atoms with Crippen LogP contribution in [0.1, 0.15) is 31.1 Å². The minimum atomic E-state index is -1.26. The van der Waals surface area contributed by atoms with E-state index in [2.05, 4.69) is 6.58 Å². The molecule has 0 aliphatic rings. The molecule has 1 atom stereocenters. The van der Waals surface area contributed by atoms with Gasteiger partial charge in [0.05, 0.1) is 21.3 Å². The lowest BCUT2D eigenvalue weighted by molar-refractivity contribution is 0.00654. The van der Waals surface area contributed by atoms with Gasteiger partial charge in [-0.3, -0.25) is 4.21 Å². The van der Waals surface area contributed by atoms with Gasteiger partial charge in [0.15, 0.2) is 0 Å². The van der Waals surface area contributed by atoms with Crippen LogP contribution in [0.2, 0.25) is 0 Å². The quantitative estimate of drug-likeness (QED) is 0.621. The molecule has 3 nitrogen and oxygen atoms in total. The lowest BCUT2D eigenvalue weighted by Crippen LogP contribution is -2.24. The molecule has 0 saturated carbocycles. The number of carbonyl (C=O) groups is 1. The van der Waals surface area contributed by atoms with Crippen LogP contribution in [0.5, 0.6) is 0 Å². The summed E-state index contributed by atoms with van der Waals surface area (Å²) in [7, 11) is -1.26. The van der Waals surface area contributed by atoms with Crippen molar-refractivity contribution in [3.8, 4) is 0 Å². The van der Waals surface area contributed by atoms with Crippen LogP contribution in [-0.2, 0) is 15.5 Å². The summed E-state index contributed by atoms with van der Waals surface area (Å²) in [6.45, 7) is 8.95.